The Balaban J connectivity index is 2.21. The number of H-pyrrole nitrogens is 1. The van der Waals surface area contributed by atoms with Gasteiger partial charge in [0.1, 0.15) is 24.1 Å². The van der Waals surface area contributed by atoms with E-state index in [9.17, 15) is 4.79 Å². The van der Waals surface area contributed by atoms with Crippen LogP contribution in [0.1, 0.15) is 88.2 Å². The number of fused-ring (bicyclic) bond motifs is 1. The van der Waals surface area contributed by atoms with Crippen LogP contribution in [0.25, 0.3) is 11.2 Å². The summed E-state index contributed by atoms with van der Waals surface area (Å²) in [7, 11) is -6.68. The second-order valence-corrected chi connectivity index (χ2v) is 32.1. The Bertz CT molecular complexity index is 1350. The Morgan fingerprint density at radius 3 is 1.84 bits per heavy atom. The van der Waals surface area contributed by atoms with Crippen LogP contribution in [0.5, 0.6) is 0 Å². The van der Waals surface area contributed by atoms with Crippen molar-refractivity contribution in [1.29, 1.82) is 0 Å². The van der Waals surface area contributed by atoms with Crippen molar-refractivity contribution >= 4 is 36.1 Å². The second-order valence-electron chi connectivity index (χ2n) is 17.8. The van der Waals surface area contributed by atoms with E-state index in [0.717, 1.165) is 0 Å². The number of nitrogens with zero attached hydrogens (tertiary/aromatic N) is 3. The lowest BCUT2D eigenvalue weighted by molar-refractivity contribution is -0.0470. The number of aromatic amines is 1. The van der Waals surface area contributed by atoms with Gasteiger partial charge < -0.3 is 23.0 Å². The molecular weight excluding hydrogens is 605 g/mol. The normalized spacial score (nSPS) is 22.9. The van der Waals surface area contributed by atoms with Crippen LogP contribution in [0.15, 0.2) is 11.1 Å². The zero-order valence-electron chi connectivity index (χ0n) is 30.8. The summed E-state index contributed by atoms with van der Waals surface area (Å²) < 4.78 is 30.2. The van der Waals surface area contributed by atoms with Gasteiger partial charge in [-0.05, 0) is 60.3 Å². The highest BCUT2D eigenvalue weighted by Gasteiger charge is 2.55. The Morgan fingerprint density at radius 1 is 0.864 bits per heavy atom. The van der Waals surface area contributed by atoms with Crippen molar-refractivity contribution in [2.24, 2.45) is 5.92 Å². The van der Waals surface area contributed by atoms with Gasteiger partial charge in [-0.1, -0.05) is 76.2 Å². The molecule has 1 aliphatic heterocycles. The third kappa shape index (κ3) is 7.86. The average Bonchev–Trinajstić information content (AvgIpc) is 3.36. The van der Waals surface area contributed by atoms with Crippen molar-refractivity contribution in [3.05, 3.63) is 22.5 Å². The summed E-state index contributed by atoms with van der Waals surface area (Å²) in [6.07, 6.45) is 0.579. The standard InChI is InChI=1S/C32H62N4O5Si3/c1-21(2)18-23-34-27-24(28(37)35-23)33-20-36(27)29-26(41-44(16,17)32(9,10)11)25(40-43(14,15)31(6,7)8)22(39-29)19-38-42(12,13)30(3,4)5/h20-22,25-26,29H,18-19H2,1-17H3,(H,34,35,37)/t22-,25-,26-,29-/m1/s1. The van der Waals surface area contributed by atoms with E-state index in [1.807, 2.05) is 4.57 Å². The Kier molecular flexibility index (Phi) is 10.6. The molecule has 12 heteroatoms. The van der Waals surface area contributed by atoms with Crippen LogP contribution >= 0.6 is 0 Å². The maximum absolute atomic E-state index is 13.1. The Hall–Kier alpha value is -1.16. The first-order chi connectivity index (χ1) is 19.7. The molecule has 1 saturated heterocycles. The van der Waals surface area contributed by atoms with Gasteiger partial charge in [-0.25, -0.2) is 9.97 Å². The van der Waals surface area contributed by atoms with E-state index in [1.54, 1.807) is 6.33 Å². The maximum atomic E-state index is 13.1. The molecule has 1 fully saturated rings. The van der Waals surface area contributed by atoms with Crippen molar-refractivity contribution in [3.8, 4) is 0 Å². The molecule has 0 amide bonds. The molecule has 0 aromatic carbocycles. The van der Waals surface area contributed by atoms with Gasteiger partial charge in [0.25, 0.3) is 5.56 Å². The summed E-state index contributed by atoms with van der Waals surface area (Å²) in [6.45, 7) is 38.5. The molecule has 3 heterocycles. The lowest BCUT2D eigenvalue weighted by Crippen LogP contribution is -2.54. The largest absolute Gasteiger partial charge is 0.414 e. The third-order valence-electron chi connectivity index (χ3n) is 10.5. The SMILES string of the molecule is CC(C)Cc1nc2c(ncn2[C@@H]2O[C@H](CO[Si](C)(C)C(C)(C)C)[C@@H](O[Si](C)(C)C(C)(C)C)[C@H]2O[Si](C)(C)C(C)(C)C)c(=O)[nH]1. The van der Waals surface area contributed by atoms with Crippen molar-refractivity contribution in [3.63, 3.8) is 0 Å². The van der Waals surface area contributed by atoms with Crippen molar-refractivity contribution < 1.29 is 18.0 Å². The van der Waals surface area contributed by atoms with Crippen LogP contribution in [-0.2, 0) is 24.4 Å². The van der Waals surface area contributed by atoms with Gasteiger partial charge in [0.15, 0.2) is 42.3 Å². The van der Waals surface area contributed by atoms with Crippen LogP contribution in [0.2, 0.25) is 54.4 Å². The first kappa shape index (κ1) is 37.3. The molecule has 2 aromatic heterocycles. The minimum absolute atomic E-state index is 0.0141. The van der Waals surface area contributed by atoms with Crippen LogP contribution in [0.4, 0.5) is 0 Å². The fourth-order valence-corrected chi connectivity index (χ4v) is 8.13. The Morgan fingerprint density at radius 2 is 1.36 bits per heavy atom. The van der Waals surface area contributed by atoms with Crippen molar-refractivity contribution in [2.75, 3.05) is 6.61 Å². The lowest BCUT2D eigenvalue weighted by Gasteiger charge is -2.44. The minimum Gasteiger partial charge on any atom is -0.414 e. The van der Waals surface area contributed by atoms with E-state index in [-0.39, 0.29) is 32.9 Å². The van der Waals surface area contributed by atoms with E-state index >= 15 is 0 Å². The summed E-state index contributed by atoms with van der Waals surface area (Å²) in [4.78, 5) is 25.5. The van der Waals surface area contributed by atoms with Gasteiger partial charge >= 0.3 is 0 Å². The summed E-state index contributed by atoms with van der Waals surface area (Å²) in [5, 5.41) is 0.00152. The molecule has 0 saturated carbocycles. The molecular formula is C32H62N4O5Si3. The lowest BCUT2D eigenvalue weighted by atomic mass is 10.1. The summed E-state index contributed by atoms with van der Waals surface area (Å²) in [5.74, 6) is 0.981. The highest BCUT2D eigenvalue weighted by Crippen LogP contribution is 2.46. The second kappa shape index (κ2) is 12.5. The van der Waals surface area contributed by atoms with Gasteiger partial charge in [-0.15, -0.1) is 0 Å². The number of ether oxygens (including phenoxy) is 1. The summed E-state index contributed by atoms with van der Waals surface area (Å²) >= 11 is 0. The third-order valence-corrected chi connectivity index (χ3v) is 24.0. The zero-order valence-corrected chi connectivity index (χ0v) is 33.8. The molecule has 9 nitrogen and oxygen atoms in total. The van der Waals surface area contributed by atoms with Gasteiger partial charge in [-0.2, -0.15) is 0 Å². The summed E-state index contributed by atoms with van der Waals surface area (Å²) in [6, 6.07) is 0. The fourth-order valence-electron chi connectivity index (χ4n) is 4.52. The molecule has 0 spiro atoms. The predicted octanol–water partition coefficient (Wildman–Crippen LogP) is 8.02. The average molecular weight is 667 g/mol. The molecule has 0 radical (unpaired) electrons. The van der Waals surface area contributed by atoms with Crippen LogP contribution in [0.3, 0.4) is 0 Å². The number of imidazole rings is 1. The van der Waals surface area contributed by atoms with E-state index < -0.39 is 37.3 Å². The van der Waals surface area contributed by atoms with Crippen molar-refractivity contribution in [2.45, 2.75) is 162 Å². The molecule has 252 valence electrons. The first-order valence-corrected chi connectivity index (χ1v) is 25.0. The number of aromatic nitrogens is 4. The molecule has 1 N–H and O–H groups in total. The number of rotatable bonds is 10. The Labute approximate surface area is 269 Å². The smallest absolute Gasteiger partial charge is 0.279 e. The monoisotopic (exact) mass is 666 g/mol. The van der Waals surface area contributed by atoms with Gasteiger partial charge in [0.05, 0.1) is 12.9 Å². The molecule has 4 atom stereocenters. The van der Waals surface area contributed by atoms with Crippen LogP contribution in [-0.4, -0.2) is 69.4 Å². The number of nitrogens with one attached hydrogen (secondary N) is 1. The van der Waals surface area contributed by atoms with E-state index in [2.05, 4.69) is 125 Å². The van der Waals surface area contributed by atoms with Gasteiger partial charge in [0.2, 0.25) is 0 Å². The van der Waals surface area contributed by atoms with Gasteiger partial charge in [0, 0.05) is 6.42 Å². The van der Waals surface area contributed by atoms with Crippen LogP contribution in [0, 0.1) is 5.92 Å². The van der Waals surface area contributed by atoms with Crippen molar-refractivity contribution in [1.82, 2.24) is 19.5 Å². The first-order valence-electron chi connectivity index (χ1n) is 16.3. The highest BCUT2D eigenvalue weighted by atomic mass is 28.4. The molecule has 2 aromatic rings. The predicted molar refractivity (Wildman–Crippen MR) is 188 cm³/mol. The highest BCUT2D eigenvalue weighted by molar-refractivity contribution is 6.75. The molecule has 0 bridgehead atoms. The van der Waals surface area contributed by atoms with Gasteiger partial charge in [-0.3, -0.25) is 9.36 Å². The molecule has 0 aliphatic carbocycles. The molecule has 0 unspecified atom stereocenters. The number of hydrogen-bond donors (Lipinski definition) is 1. The van der Waals surface area contributed by atoms with E-state index in [4.69, 9.17) is 23.0 Å². The summed E-state index contributed by atoms with van der Waals surface area (Å²) in [5.41, 5.74) is 0.571. The van der Waals surface area contributed by atoms with E-state index in [1.165, 1.54) is 0 Å². The van der Waals surface area contributed by atoms with Crippen LogP contribution < -0.4 is 5.56 Å². The zero-order chi connectivity index (χ0) is 33.8. The molecule has 3 rings (SSSR count). The molecule has 1 aliphatic rings. The quantitative estimate of drug-likeness (QED) is 0.256. The van der Waals surface area contributed by atoms with E-state index in [0.29, 0.717) is 35.9 Å². The minimum atomic E-state index is -2.32. The maximum Gasteiger partial charge on any atom is 0.279 e. The molecule has 44 heavy (non-hydrogen) atoms. The topological polar surface area (TPSA) is 100 Å². The number of hydrogen-bond acceptors (Lipinski definition) is 7. The fraction of sp³-hybridized carbons (Fsp3) is 0.844.